The van der Waals surface area contributed by atoms with Gasteiger partial charge in [0.1, 0.15) is 11.4 Å². The molecule has 0 aliphatic carbocycles. The molecule has 0 spiro atoms. The number of non-ortho nitro benzene ring substituents is 1. The van der Waals surface area contributed by atoms with Crippen molar-refractivity contribution >= 4 is 38.8 Å². The van der Waals surface area contributed by atoms with Gasteiger partial charge in [0.15, 0.2) is 0 Å². The van der Waals surface area contributed by atoms with Gasteiger partial charge >= 0.3 is 0 Å². The van der Waals surface area contributed by atoms with Crippen LogP contribution in [0.5, 0.6) is 5.75 Å². The molecule has 22 heavy (non-hydrogen) atoms. The maximum absolute atomic E-state index is 12.2. The Balaban J connectivity index is 1.87. The average molecular weight is 317 g/mol. The quantitative estimate of drug-likeness (QED) is 0.569. The van der Waals surface area contributed by atoms with Crippen molar-refractivity contribution in [2.24, 2.45) is 0 Å². The van der Waals surface area contributed by atoms with Crippen molar-refractivity contribution in [3.63, 3.8) is 0 Å². The summed E-state index contributed by atoms with van der Waals surface area (Å²) in [5, 5.41) is 15.4. The van der Waals surface area contributed by atoms with E-state index in [1.165, 1.54) is 36.6 Å². The van der Waals surface area contributed by atoms with E-state index in [0.717, 1.165) is 10.2 Å². The van der Waals surface area contributed by atoms with Crippen LogP contribution < -0.4 is 10.1 Å². The van der Waals surface area contributed by atoms with Crippen molar-refractivity contribution in [1.82, 2.24) is 4.98 Å². The monoisotopic (exact) mass is 317 g/mol. The molecule has 0 aliphatic rings. The van der Waals surface area contributed by atoms with Crippen molar-refractivity contribution in [1.29, 1.82) is 0 Å². The maximum Gasteiger partial charge on any atom is 0.273 e. The van der Waals surface area contributed by atoms with Gasteiger partial charge in [0, 0.05) is 6.07 Å². The first-order chi connectivity index (χ1) is 10.6. The molecule has 0 unspecified atom stereocenters. The second-order valence-corrected chi connectivity index (χ2v) is 5.43. The molecule has 7 nitrogen and oxygen atoms in total. The van der Waals surface area contributed by atoms with Gasteiger partial charge in [-0.25, -0.2) is 0 Å². The third-order valence-electron chi connectivity index (χ3n) is 3.13. The number of amides is 1. The highest BCUT2D eigenvalue weighted by Gasteiger charge is 2.15. The lowest BCUT2D eigenvalue weighted by Gasteiger charge is -2.09. The van der Waals surface area contributed by atoms with Gasteiger partial charge in [0.2, 0.25) is 0 Å². The van der Waals surface area contributed by atoms with Gasteiger partial charge in [-0.15, -0.1) is 11.3 Å². The predicted octanol–water partition coefficient (Wildman–Crippen LogP) is 3.40. The van der Waals surface area contributed by atoms with Gasteiger partial charge in [-0.3, -0.25) is 14.9 Å². The number of nitro groups is 1. The molecular weight excluding hydrogens is 306 g/mol. The van der Waals surface area contributed by atoms with Gasteiger partial charge in [0.05, 0.1) is 34.0 Å². The fraction of sp³-hybridized carbons (Fsp3) is 0.0714. The SMILES string of the molecule is COc1cc([N+](=O)[O-])ccc1NC(=O)c1cc2sccc2[nH]1. The Morgan fingerprint density at radius 2 is 2.18 bits per heavy atom. The fourth-order valence-electron chi connectivity index (χ4n) is 2.06. The minimum atomic E-state index is -0.521. The van der Waals surface area contributed by atoms with Gasteiger partial charge in [-0.2, -0.15) is 0 Å². The first kappa shape index (κ1) is 14.1. The molecule has 0 saturated heterocycles. The van der Waals surface area contributed by atoms with E-state index in [0.29, 0.717) is 11.4 Å². The third kappa shape index (κ3) is 2.51. The minimum absolute atomic E-state index is 0.102. The molecule has 0 radical (unpaired) electrons. The molecular formula is C14H11N3O4S. The number of fused-ring (bicyclic) bond motifs is 1. The molecule has 8 heteroatoms. The van der Waals surface area contributed by atoms with Crippen molar-refractivity contribution in [2.45, 2.75) is 0 Å². The predicted molar refractivity (Wildman–Crippen MR) is 83.8 cm³/mol. The zero-order valence-corrected chi connectivity index (χ0v) is 12.3. The van der Waals surface area contributed by atoms with E-state index in [4.69, 9.17) is 4.74 Å². The van der Waals surface area contributed by atoms with E-state index in [1.807, 2.05) is 11.4 Å². The van der Waals surface area contributed by atoms with Crippen molar-refractivity contribution in [3.05, 3.63) is 51.5 Å². The molecule has 3 rings (SSSR count). The smallest absolute Gasteiger partial charge is 0.273 e. The van der Waals surface area contributed by atoms with Crippen LogP contribution in [-0.2, 0) is 0 Å². The van der Waals surface area contributed by atoms with E-state index in [9.17, 15) is 14.9 Å². The van der Waals surface area contributed by atoms with Crippen LogP contribution in [0.2, 0.25) is 0 Å². The van der Waals surface area contributed by atoms with E-state index in [-0.39, 0.29) is 17.3 Å². The number of thiophene rings is 1. The maximum atomic E-state index is 12.2. The number of aromatic amines is 1. The number of methoxy groups -OCH3 is 1. The number of H-pyrrole nitrogens is 1. The van der Waals surface area contributed by atoms with Crippen molar-refractivity contribution < 1.29 is 14.5 Å². The molecule has 0 saturated carbocycles. The van der Waals surface area contributed by atoms with Crippen LogP contribution in [0, 0.1) is 10.1 Å². The normalized spacial score (nSPS) is 10.6. The van der Waals surface area contributed by atoms with Crippen LogP contribution in [-0.4, -0.2) is 22.9 Å². The highest BCUT2D eigenvalue weighted by Crippen LogP contribution is 2.29. The number of benzene rings is 1. The zero-order valence-electron chi connectivity index (χ0n) is 11.5. The molecule has 0 fully saturated rings. The summed E-state index contributed by atoms with van der Waals surface area (Å²) in [5.74, 6) is -0.105. The molecule has 1 aromatic carbocycles. The van der Waals surface area contributed by atoms with E-state index in [2.05, 4.69) is 10.3 Å². The Labute approximate surface area is 128 Å². The van der Waals surface area contributed by atoms with E-state index in [1.54, 1.807) is 6.07 Å². The van der Waals surface area contributed by atoms with Gasteiger partial charge in [0.25, 0.3) is 11.6 Å². The topological polar surface area (TPSA) is 97.3 Å². The molecule has 3 aromatic rings. The summed E-state index contributed by atoms with van der Waals surface area (Å²) in [6, 6.07) is 7.67. The second kappa shape index (κ2) is 5.49. The molecule has 2 aromatic heterocycles. The highest BCUT2D eigenvalue weighted by atomic mass is 32.1. The lowest BCUT2D eigenvalue weighted by atomic mass is 10.2. The van der Waals surface area contributed by atoms with Crippen LogP contribution >= 0.6 is 11.3 Å². The third-order valence-corrected chi connectivity index (χ3v) is 3.99. The number of aromatic nitrogens is 1. The Morgan fingerprint density at radius 3 is 2.86 bits per heavy atom. The molecule has 0 atom stereocenters. The van der Waals surface area contributed by atoms with Crippen LogP contribution in [0.15, 0.2) is 35.7 Å². The standard InChI is InChI=1S/C14H11N3O4S/c1-21-12-6-8(17(19)20)2-3-9(12)16-14(18)11-7-13-10(15-11)4-5-22-13/h2-7,15H,1H3,(H,16,18). The first-order valence-corrected chi connectivity index (χ1v) is 7.16. The summed E-state index contributed by atoms with van der Waals surface area (Å²) >= 11 is 1.53. The fourth-order valence-corrected chi connectivity index (χ4v) is 2.84. The molecule has 2 heterocycles. The van der Waals surface area contributed by atoms with Crippen molar-refractivity contribution in [3.8, 4) is 5.75 Å². The summed E-state index contributed by atoms with van der Waals surface area (Å²) in [7, 11) is 1.39. The highest BCUT2D eigenvalue weighted by molar-refractivity contribution is 7.17. The summed E-state index contributed by atoms with van der Waals surface area (Å²) in [6.45, 7) is 0. The number of hydrogen-bond donors (Lipinski definition) is 2. The number of nitrogens with zero attached hydrogens (tertiary/aromatic N) is 1. The van der Waals surface area contributed by atoms with Gasteiger partial charge in [-0.05, 0) is 23.6 Å². The lowest BCUT2D eigenvalue weighted by molar-refractivity contribution is -0.384. The number of nitro benzene ring substituents is 1. The lowest BCUT2D eigenvalue weighted by Crippen LogP contribution is -2.13. The summed E-state index contributed by atoms with van der Waals surface area (Å²) in [6.07, 6.45) is 0. The number of anilines is 1. The number of hydrogen-bond acceptors (Lipinski definition) is 5. The van der Waals surface area contributed by atoms with Gasteiger partial charge in [-0.1, -0.05) is 0 Å². The molecule has 2 N–H and O–H groups in total. The van der Waals surface area contributed by atoms with Crippen LogP contribution in [0.1, 0.15) is 10.5 Å². The second-order valence-electron chi connectivity index (χ2n) is 4.48. The molecule has 112 valence electrons. The Hall–Kier alpha value is -2.87. The van der Waals surface area contributed by atoms with Crippen LogP contribution in [0.3, 0.4) is 0 Å². The Morgan fingerprint density at radius 1 is 1.36 bits per heavy atom. The number of rotatable bonds is 4. The van der Waals surface area contributed by atoms with Crippen LogP contribution in [0.4, 0.5) is 11.4 Å². The minimum Gasteiger partial charge on any atom is -0.494 e. The zero-order chi connectivity index (χ0) is 15.7. The summed E-state index contributed by atoms with van der Waals surface area (Å²) in [4.78, 5) is 25.5. The Bertz CT molecular complexity index is 839. The van der Waals surface area contributed by atoms with Gasteiger partial charge < -0.3 is 15.0 Å². The number of carbonyl (C=O) groups excluding carboxylic acids is 1. The summed E-state index contributed by atoms with van der Waals surface area (Å²) in [5.41, 5.74) is 1.58. The van der Waals surface area contributed by atoms with Crippen molar-refractivity contribution in [2.75, 3.05) is 12.4 Å². The largest absolute Gasteiger partial charge is 0.494 e. The average Bonchev–Trinajstić information content (AvgIpc) is 3.08. The molecule has 1 amide bonds. The molecule has 0 bridgehead atoms. The molecule has 0 aliphatic heterocycles. The number of carbonyl (C=O) groups is 1. The number of nitrogens with one attached hydrogen (secondary N) is 2. The first-order valence-electron chi connectivity index (χ1n) is 6.28. The van der Waals surface area contributed by atoms with Crippen LogP contribution in [0.25, 0.3) is 10.2 Å². The number of ether oxygens (including phenoxy) is 1. The summed E-state index contributed by atoms with van der Waals surface area (Å²) < 4.78 is 6.08. The van der Waals surface area contributed by atoms with E-state index < -0.39 is 4.92 Å². The Kier molecular flexibility index (Phi) is 3.51. The van der Waals surface area contributed by atoms with E-state index >= 15 is 0 Å².